The molecule has 5 rings (SSSR count). The molecule has 2 heterocycles. The summed E-state index contributed by atoms with van der Waals surface area (Å²) in [5.41, 5.74) is 1.00. The zero-order chi connectivity index (χ0) is 23.1. The van der Waals surface area contributed by atoms with Gasteiger partial charge in [0.05, 0.1) is 13.5 Å². The maximum absolute atomic E-state index is 12.9. The molecule has 3 aromatic rings. The van der Waals surface area contributed by atoms with Crippen molar-refractivity contribution in [2.45, 2.75) is 57.5 Å². The number of esters is 1. The van der Waals surface area contributed by atoms with Crippen LogP contribution in [0.3, 0.4) is 0 Å². The maximum atomic E-state index is 12.9. The van der Waals surface area contributed by atoms with E-state index >= 15 is 0 Å². The molecule has 0 amide bonds. The first-order valence-corrected chi connectivity index (χ1v) is 11.1. The summed E-state index contributed by atoms with van der Waals surface area (Å²) in [6.07, 6.45) is 3.84. The number of ether oxygens (including phenoxy) is 2. The van der Waals surface area contributed by atoms with E-state index in [0.717, 1.165) is 31.2 Å². The second kappa shape index (κ2) is 8.28. The maximum Gasteiger partial charge on any atom is 0.333 e. The van der Waals surface area contributed by atoms with E-state index < -0.39 is 5.97 Å². The second-order valence-electron chi connectivity index (χ2n) is 8.50. The van der Waals surface area contributed by atoms with Crippen molar-refractivity contribution in [3.63, 3.8) is 0 Å². The summed E-state index contributed by atoms with van der Waals surface area (Å²) in [5, 5.41) is 0. The highest BCUT2D eigenvalue weighted by Gasteiger charge is 2.34. The molecule has 33 heavy (non-hydrogen) atoms. The molecule has 1 aromatic carbocycles. The number of fused-ring (bicyclic) bond motifs is 1. The highest BCUT2D eigenvalue weighted by molar-refractivity contribution is 5.74. The number of benzene rings is 1. The molecule has 9 heteroatoms. The van der Waals surface area contributed by atoms with E-state index in [-0.39, 0.29) is 36.2 Å². The number of hydrogen-bond donors (Lipinski definition) is 1. The molecule has 0 unspecified atom stereocenters. The predicted molar refractivity (Wildman–Crippen MR) is 121 cm³/mol. The fourth-order valence-corrected chi connectivity index (χ4v) is 3.83. The van der Waals surface area contributed by atoms with E-state index in [1.54, 1.807) is 16.7 Å². The van der Waals surface area contributed by atoms with E-state index in [2.05, 4.69) is 21.8 Å². The number of carbonyl (C=O) groups is 1. The van der Waals surface area contributed by atoms with E-state index in [9.17, 15) is 14.4 Å². The van der Waals surface area contributed by atoms with Crippen LogP contribution in [0.25, 0.3) is 11.2 Å². The highest BCUT2D eigenvalue weighted by atomic mass is 16.6. The summed E-state index contributed by atoms with van der Waals surface area (Å²) in [5.74, 6) is 6.51. The molecule has 0 atom stereocenters. The van der Waals surface area contributed by atoms with Crippen molar-refractivity contribution in [2.24, 2.45) is 0 Å². The molecule has 0 radical (unpaired) electrons. The average molecular weight is 448 g/mol. The Hall–Kier alpha value is -3.80. The fraction of sp³-hybridized carbons (Fsp3) is 0.417. The van der Waals surface area contributed by atoms with Crippen LogP contribution in [0.1, 0.15) is 62.0 Å². The van der Waals surface area contributed by atoms with Gasteiger partial charge in [0, 0.05) is 18.5 Å². The number of aryl methyl sites for hydroxylation is 1. The monoisotopic (exact) mass is 448 g/mol. The summed E-state index contributed by atoms with van der Waals surface area (Å²) in [7, 11) is 1.52. The van der Waals surface area contributed by atoms with Crippen LogP contribution in [0.2, 0.25) is 0 Å². The van der Waals surface area contributed by atoms with Crippen LogP contribution in [0, 0.1) is 18.8 Å². The Morgan fingerprint density at radius 2 is 1.88 bits per heavy atom. The quantitative estimate of drug-likeness (QED) is 0.353. The van der Waals surface area contributed by atoms with Crippen LogP contribution in [0.15, 0.2) is 27.8 Å². The van der Waals surface area contributed by atoms with Crippen LogP contribution in [0.4, 0.5) is 0 Å². The van der Waals surface area contributed by atoms with Crippen molar-refractivity contribution in [1.29, 1.82) is 0 Å². The molecule has 2 fully saturated rings. The topological polar surface area (TPSA) is 108 Å². The molecule has 1 N–H and O–H groups in total. The third-order valence-corrected chi connectivity index (χ3v) is 5.79. The summed E-state index contributed by atoms with van der Waals surface area (Å²) in [6.45, 7) is 1.90. The second-order valence-corrected chi connectivity index (χ2v) is 8.50. The largest absolute Gasteiger partial charge is 0.493 e. The Labute approximate surface area is 189 Å². The van der Waals surface area contributed by atoms with Gasteiger partial charge in [-0.2, -0.15) is 0 Å². The molecule has 2 aliphatic rings. The number of aromatic amines is 1. The predicted octanol–water partition coefficient (Wildman–Crippen LogP) is 2.61. The number of methoxy groups -OCH3 is 1. The van der Waals surface area contributed by atoms with E-state index in [0.29, 0.717) is 28.5 Å². The van der Waals surface area contributed by atoms with Crippen molar-refractivity contribution >= 4 is 17.1 Å². The number of hydrogen-bond acceptors (Lipinski definition) is 6. The third kappa shape index (κ3) is 4.16. The standard InChI is InChI=1S/C24H24N4O5/c1-14-7-12-17(32-2)18(13-14)33-20(29)6-4-3-5-19-25-21-22(26-19)27(15-8-9-15)24(31)28(23(21)30)16-10-11-16/h7,12-13,15-16H,4,6,8-11H2,1-2H3,(H,25,26). The van der Waals surface area contributed by atoms with Gasteiger partial charge in [0.15, 0.2) is 28.5 Å². The van der Waals surface area contributed by atoms with Crippen molar-refractivity contribution in [2.75, 3.05) is 7.11 Å². The van der Waals surface area contributed by atoms with Gasteiger partial charge in [0.25, 0.3) is 5.56 Å². The van der Waals surface area contributed by atoms with Gasteiger partial charge >= 0.3 is 11.7 Å². The SMILES string of the molecule is COc1ccc(C)cc1OC(=O)CCC#Cc1nc2c([nH]1)c(=O)n(C1CC1)c(=O)n2C1CC1. The number of nitrogens with zero attached hydrogens (tertiary/aromatic N) is 3. The number of aromatic nitrogens is 4. The zero-order valence-corrected chi connectivity index (χ0v) is 18.5. The van der Waals surface area contributed by atoms with Gasteiger partial charge in [-0.15, -0.1) is 0 Å². The van der Waals surface area contributed by atoms with Gasteiger partial charge in [0.2, 0.25) is 0 Å². The number of imidazole rings is 1. The number of H-pyrrole nitrogens is 1. The average Bonchev–Trinajstić information content (AvgIpc) is 3.71. The molecule has 9 nitrogen and oxygen atoms in total. The summed E-state index contributed by atoms with van der Waals surface area (Å²) >= 11 is 0. The minimum absolute atomic E-state index is 0.0183. The van der Waals surface area contributed by atoms with Crippen LogP contribution >= 0.6 is 0 Å². The number of rotatable bonds is 6. The van der Waals surface area contributed by atoms with E-state index in [4.69, 9.17) is 9.47 Å². The summed E-state index contributed by atoms with van der Waals surface area (Å²) in [4.78, 5) is 45.4. The lowest BCUT2D eigenvalue weighted by Crippen LogP contribution is -2.39. The Balaban J connectivity index is 1.32. The molecule has 2 aromatic heterocycles. The van der Waals surface area contributed by atoms with Crippen molar-refractivity contribution in [3.05, 3.63) is 50.4 Å². The van der Waals surface area contributed by atoms with Crippen LogP contribution in [-0.2, 0) is 4.79 Å². The lowest BCUT2D eigenvalue weighted by atomic mass is 10.2. The molecule has 0 bridgehead atoms. The molecule has 0 aliphatic heterocycles. The third-order valence-electron chi connectivity index (χ3n) is 5.79. The summed E-state index contributed by atoms with van der Waals surface area (Å²) < 4.78 is 13.6. The molecule has 170 valence electrons. The Bertz CT molecular complexity index is 1430. The number of carbonyl (C=O) groups excluding carboxylic acids is 1. The zero-order valence-electron chi connectivity index (χ0n) is 18.5. The van der Waals surface area contributed by atoms with Gasteiger partial charge < -0.3 is 14.5 Å². The highest BCUT2D eigenvalue weighted by Crippen LogP contribution is 2.36. The summed E-state index contributed by atoms with van der Waals surface area (Å²) in [6, 6.07) is 5.43. The van der Waals surface area contributed by atoms with Crippen molar-refractivity contribution in [1.82, 2.24) is 19.1 Å². The molecule has 0 saturated heterocycles. The molecular formula is C24H24N4O5. The Morgan fingerprint density at radius 1 is 1.15 bits per heavy atom. The lowest BCUT2D eigenvalue weighted by molar-refractivity contribution is -0.134. The molecular weight excluding hydrogens is 424 g/mol. The van der Waals surface area contributed by atoms with E-state index in [1.807, 2.05) is 13.0 Å². The van der Waals surface area contributed by atoms with Crippen LogP contribution < -0.4 is 20.7 Å². The number of nitrogens with one attached hydrogen (secondary N) is 1. The van der Waals surface area contributed by atoms with Gasteiger partial charge in [0.1, 0.15) is 0 Å². The smallest absolute Gasteiger partial charge is 0.333 e. The first-order chi connectivity index (χ1) is 16.0. The Kier molecular flexibility index (Phi) is 5.29. The fourth-order valence-electron chi connectivity index (χ4n) is 3.83. The normalized spacial score (nSPS) is 15.2. The van der Waals surface area contributed by atoms with Gasteiger partial charge in [-0.3, -0.25) is 18.7 Å². The minimum Gasteiger partial charge on any atom is -0.493 e. The van der Waals surface area contributed by atoms with Gasteiger partial charge in [-0.1, -0.05) is 12.0 Å². The molecule has 2 aliphatic carbocycles. The molecule has 0 spiro atoms. The van der Waals surface area contributed by atoms with Crippen LogP contribution in [0.5, 0.6) is 11.5 Å². The minimum atomic E-state index is -0.423. The van der Waals surface area contributed by atoms with Crippen LogP contribution in [-0.4, -0.2) is 32.2 Å². The first kappa shape index (κ1) is 21.1. The molecule has 2 saturated carbocycles. The van der Waals surface area contributed by atoms with Crippen molar-refractivity contribution in [3.8, 4) is 23.3 Å². The lowest BCUT2D eigenvalue weighted by Gasteiger charge is -2.09. The van der Waals surface area contributed by atoms with Gasteiger partial charge in [-0.05, 0) is 56.2 Å². The van der Waals surface area contributed by atoms with Crippen molar-refractivity contribution < 1.29 is 14.3 Å². The van der Waals surface area contributed by atoms with E-state index in [1.165, 1.54) is 11.7 Å². The van der Waals surface area contributed by atoms with Gasteiger partial charge in [-0.25, -0.2) is 9.78 Å². The Morgan fingerprint density at radius 3 is 2.58 bits per heavy atom. The first-order valence-electron chi connectivity index (χ1n) is 11.1.